The van der Waals surface area contributed by atoms with Gasteiger partial charge in [0.25, 0.3) is 0 Å². The van der Waals surface area contributed by atoms with E-state index in [-0.39, 0.29) is 56.0 Å². The Hall–Kier alpha value is -5.68. The largest absolute Gasteiger partial charge is 0.379 e. The third-order valence-corrected chi connectivity index (χ3v) is 16.0. The molecule has 2 aromatic carbocycles. The molecule has 438 valence electrons. The predicted octanol–water partition coefficient (Wildman–Crippen LogP) is 6.78. The number of thiazole rings is 2. The Balaban J connectivity index is 0.750. The summed E-state index contributed by atoms with van der Waals surface area (Å²) in [5, 5.41) is 11.8. The van der Waals surface area contributed by atoms with Crippen LogP contribution in [0.25, 0.3) is 20.9 Å². The Kier molecular flexibility index (Phi) is 25.0. The van der Waals surface area contributed by atoms with Crippen molar-refractivity contribution in [3.05, 3.63) is 82.1 Å². The molecule has 21 heteroatoms. The molecular formula is C59H84N8O11S2. The number of hydrogen-bond donors (Lipinski definition) is 4. The maximum Gasteiger partial charge on any atom is 0.246 e. The first kappa shape index (κ1) is 63.5. The summed E-state index contributed by atoms with van der Waals surface area (Å²) in [4.78, 5) is 94.7. The SMILES string of the molecule is Cc1ncsc1-c1ccc(CNC(=O)[C@@H]2CCCN2C(=O)[C@@H](NC(=O)COCCCCCOCCOCCOCCOCC(=O)N[C@H](C(=O)N2CCC[C@H]2C(=O)NCc2ccc(-c3scnc3C)cc2)C(C)(C)C)C(C)(C)C)cc1. The summed E-state index contributed by atoms with van der Waals surface area (Å²) in [5.41, 5.74) is 8.47. The molecule has 80 heavy (non-hydrogen) atoms. The number of rotatable bonds is 31. The van der Waals surface area contributed by atoms with Crippen LogP contribution in [0.15, 0.2) is 59.6 Å². The summed E-state index contributed by atoms with van der Waals surface area (Å²) in [6, 6.07) is 13.1. The van der Waals surface area contributed by atoms with E-state index in [1.54, 1.807) is 32.5 Å². The number of nitrogens with one attached hydrogen (secondary N) is 4. The fourth-order valence-corrected chi connectivity index (χ4v) is 11.2. The molecular weight excluding hydrogens is 1060 g/mol. The van der Waals surface area contributed by atoms with E-state index >= 15 is 0 Å². The highest BCUT2D eigenvalue weighted by molar-refractivity contribution is 7.13. The second-order valence-corrected chi connectivity index (χ2v) is 24.2. The predicted molar refractivity (Wildman–Crippen MR) is 308 cm³/mol. The van der Waals surface area contributed by atoms with Gasteiger partial charge < -0.3 is 54.8 Å². The number of hydrogen-bond acceptors (Lipinski definition) is 15. The molecule has 4 heterocycles. The average Bonchev–Trinajstić information content (AvgIpc) is 4.34. The lowest BCUT2D eigenvalue weighted by Gasteiger charge is -2.35. The molecule has 0 radical (unpaired) electrons. The van der Waals surface area contributed by atoms with Crippen LogP contribution < -0.4 is 21.3 Å². The van der Waals surface area contributed by atoms with Gasteiger partial charge in [-0.25, -0.2) is 9.97 Å². The van der Waals surface area contributed by atoms with Gasteiger partial charge in [-0.1, -0.05) is 90.1 Å². The van der Waals surface area contributed by atoms with E-state index < -0.39 is 40.9 Å². The summed E-state index contributed by atoms with van der Waals surface area (Å²) in [6.45, 7) is 19.4. The number of benzene rings is 2. The van der Waals surface area contributed by atoms with Crippen LogP contribution >= 0.6 is 22.7 Å². The van der Waals surface area contributed by atoms with Crippen molar-refractivity contribution in [1.29, 1.82) is 0 Å². The molecule has 2 saturated heterocycles. The van der Waals surface area contributed by atoms with E-state index in [2.05, 4.69) is 31.2 Å². The van der Waals surface area contributed by atoms with Gasteiger partial charge in [0.2, 0.25) is 35.4 Å². The van der Waals surface area contributed by atoms with Crippen molar-refractivity contribution >= 4 is 58.1 Å². The van der Waals surface area contributed by atoms with Gasteiger partial charge in [-0.05, 0) is 91.9 Å². The molecule has 0 spiro atoms. The monoisotopic (exact) mass is 1140 g/mol. The van der Waals surface area contributed by atoms with Gasteiger partial charge in [0.1, 0.15) is 37.4 Å². The minimum atomic E-state index is -0.853. The number of amides is 6. The highest BCUT2D eigenvalue weighted by Crippen LogP contribution is 2.30. The Morgan fingerprint density at radius 2 is 0.900 bits per heavy atom. The van der Waals surface area contributed by atoms with Gasteiger partial charge in [-0.3, -0.25) is 28.8 Å². The molecule has 0 unspecified atom stereocenters. The van der Waals surface area contributed by atoms with Gasteiger partial charge in [-0.15, -0.1) is 22.7 Å². The molecule has 0 bridgehead atoms. The topological polar surface area (TPSA) is 229 Å². The van der Waals surface area contributed by atoms with Crippen molar-refractivity contribution in [2.45, 2.75) is 138 Å². The smallest absolute Gasteiger partial charge is 0.246 e. The second kappa shape index (κ2) is 31.5. The second-order valence-electron chi connectivity index (χ2n) is 22.5. The van der Waals surface area contributed by atoms with Crippen LogP contribution in [-0.4, -0.2) is 159 Å². The van der Waals surface area contributed by atoms with Crippen molar-refractivity contribution in [3.63, 3.8) is 0 Å². The summed E-state index contributed by atoms with van der Waals surface area (Å²) in [6.07, 6.45) is 4.90. The minimum Gasteiger partial charge on any atom is -0.379 e. The number of likely N-dealkylation sites (tertiary alicyclic amines) is 2. The number of nitrogens with zero attached hydrogens (tertiary/aromatic N) is 4. The van der Waals surface area contributed by atoms with Gasteiger partial charge in [0.05, 0.1) is 71.8 Å². The molecule has 2 aliphatic heterocycles. The normalized spacial score (nSPS) is 16.4. The quantitative estimate of drug-likeness (QED) is 0.0382. The molecule has 4 N–H and O–H groups in total. The first-order chi connectivity index (χ1) is 38.3. The van der Waals surface area contributed by atoms with Crippen molar-refractivity contribution in [1.82, 2.24) is 41.0 Å². The molecule has 6 amide bonds. The van der Waals surface area contributed by atoms with Crippen LogP contribution in [0.5, 0.6) is 0 Å². The number of ether oxygens (including phenoxy) is 5. The summed E-state index contributed by atoms with van der Waals surface area (Å²) in [5.74, 6) is -1.80. The van der Waals surface area contributed by atoms with Crippen molar-refractivity contribution in [3.8, 4) is 20.9 Å². The zero-order valence-electron chi connectivity index (χ0n) is 48.0. The van der Waals surface area contributed by atoms with E-state index in [4.69, 9.17) is 23.7 Å². The van der Waals surface area contributed by atoms with Crippen molar-refractivity contribution < 1.29 is 52.5 Å². The van der Waals surface area contributed by atoms with Gasteiger partial charge in [0.15, 0.2) is 0 Å². The Morgan fingerprint density at radius 3 is 1.27 bits per heavy atom. The van der Waals surface area contributed by atoms with Crippen LogP contribution in [0.2, 0.25) is 0 Å². The van der Waals surface area contributed by atoms with Gasteiger partial charge in [-0.2, -0.15) is 0 Å². The highest BCUT2D eigenvalue weighted by atomic mass is 32.1. The number of carbonyl (C=O) groups excluding carboxylic acids is 6. The minimum absolute atomic E-state index is 0.175. The maximum absolute atomic E-state index is 13.9. The van der Waals surface area contributed by atoms with Crippen LogP contribution in [0.1, 0.15) is 109 Å². The Labute approximate surface area is 480 Å². The summed E-state index contributed by atoms with van der Waals surface area (Å²) < 4.78 is 28.1. The molecule has 0 aliphatic carbocycles. The van der Waals surface area contributed by atoms with E-state index in [1.807, 2.05) is 115 Å². The van der Waals surface area contributed by atoms with Crippen LogP contribution in [0, 0.1) is 24.7 Å². The van der Waals surface area contributed by atoms with E-state index in [9.17, 15) is 28.8 Å². The lowest BCUT2D eigenvalue weighted by Crippen LogP contribution is -2.58. The van der Waals surface area contributed by atoms with Crippen molar-refractivity contribution in [2.24, 2.45) is 10.8 Å². The molecule has 4 aromatic rings. The van der Waals surface area contributed by atoms with E-state index in [0.29, 0.717) is 91.5 Å². The first-order valence-corrected chi connectivity index (χ1v) is 29.7. The number of unbranched alkanes of at least 4 members (excludes halogenated alkanes) is 2. The number of carbonyl (C=O) groups is 6. The summed E-state index contributed by atoms with van der Waals surface area (Å²) >= 11 is 3.18. The van der Waals surface area contributed by atoms with Gasteiger partial charge in [0, 0.05) is 39.4 Å². The number of aryl methyl sites for hydroxylation is 2. The lowest BCUT2D eigenvalue weighted by molar-refractivity contribution is -0.144. The Bertz CT molecular complexity index is 2440. The standard InChI is InChI=1S/C59H84N8O11S2/c1-40-50(79-38-62-40)44-20-16-42(17-21-44)34-60-54(70)46-14-12-24-66(46)56(72)52(58(3,4)5)64-48(68)36-77-27-11-9-10-26-74-28-29-75-30-31-76-32-33-78-37-49(69)65-53(59(6,7)8)57(73)67-25-13-15-47(67)55(71)61-35-43-18-22-45(23-19-43)51-41(2)63-39-80-51/h16-23,38-39,46-47,52-53H,9-15,24-37H2,1-8H3,(H,60,70)(H,61,71)(H,64,68)(H,65,69)/t46-,47-,52+,53+/m0/s1. The molecule has 4 atom stereocenters. The van der Waals surface area contributed by atoms with E-state index in [0.717, 1.165) is 62.7 Å². The third-order valence-electron chi connectivity index (χ3n) is 14.0. The fraction of sp³-hybridized carbons (Fsp3) is 0.593. The van der Waals surface area contributed by atoms with Crippen LogP contribution in [-0.2, 0) is 65.5 Å². The molecule has 0 saturated carbocycles. The number of aromatic nitrogens is 2. The summed E-state index contributed by atoms with van der Waals surface area (Å²) in [7, 11) is 0. The van der Waals surface area contributed by atoms with Crippen molar-refractivity contribution in [2.75, 3.05) is 79.2 Å². The molecule has 2 fully saturated rings. The molecule has 6 rings (SSSR count). The molecule has 19 nitrogen and oxygen atoms in total. The zero-order chi connectivity index (χ0) is 57.7. The fourth-order valence-electron chi connectivity index (χ4n) is 9.53. The first-order valence-electron chi connectivity index (χ1n) is 27.9. The zero-order valence-corrected chi connectivity index (χ0v) is 49.7. The average molecular weight is 1150 g/mol. The van der Waals surface area contributed by atoms with Gasteiger partial charge >= 0.3 is 0 Å². The van der Waals surface area contributed by atoms with Crippen LogP contribution in [0.4, 0.5) is 0 Å². The molecule has 2 aliphatic rings. The lowest BCUT2D eigenvalue weighted by atomic mass is 9.85. The molecule has 2 aromatic heterocycles. The highest BCUT2D eigenvalue weighted by Gasteiger charge is 2.43. The van der Waals surface area contributed by atoms with E-state index in [1.165, 1.54) is 0 Å². The third kappa shape index (κ3) is 19.5. The van der Waals surface area contributed by atoms with Crippen LogP contribution in [0.3, 0.4) is 0 Å². The maximum atomic E-state index is 13.9. The Morgan fingerprint density at radius 1 is 0.537 bits per heavy atom.